The summed E-state index contributed by atoms with van der Waals surface area (Å²) in [4.78, 5) is 13.8. The molecule has 7 heteroatoms. The minimum absolute atomic E-state index is 0.202. The van der Waals surface area contributed by atoms with Crippen molar-refractivity contribution in [2.75, 3.05) is 4.90 Å². The van der Waals surface area contributed by atoms with Crippen LogP contribution in [0.15, 0.2) is 65.7 Å². The number of hydrogen-bond donors (Lipinski definition) is 2. The summed E-state index contributed by atoms with van der Waals surface area (Å²) in [6.07, 6.45) is 3.52. The average Bonchev–Trinajstić information content (AvgIpc) is 2.94. The molecule has 1 unspecified atom stereocenters. The third-order valence-corrected chi connectivity index (χ3v) is 6.30. The summed E-state index contributed by atoms with van der Waals surface area (Å²) in [7, 11) is 0. The van der Waals surface area contributed by atoms with Gasteiger partial charge < -0.3 is 10.0 Å². The molecule has 0 amide bonds. The van der Waals surface area contributed by atoms with Gasteiger partial charge >= 0.3 is 5.97 Å². The molecule has 6 nitrogen and oxygen atoms in total. The molecule has 1 heterocycles. The minimum atomic E-state index is -0.751. The summed E-state index contributed by atoms with van der Waals surface area (Å²) >= 11 is 0.943. The monoisotopic (exact) mass is 429 g/mol. The van der Waals surface area contributed by atoms with E-state index in [1.165, 1.54) is 5.56 Å². The predicted octanol–water partition coefficient (Wildman–Crippen LogP) is 5.94. The first-order valence-corrected chi connectivity index (χ1v) is 10.7. The second-order valence-electron chi connectivity index (χ2n) is 7.71. The molecule has 0 aromatic heterocycles. The molecule has 0 spiro atoms. The Morgan fingerprint density at radius 3 is 2.63 bits per heavy atom. The van der Waals surface area contributed by atoms with Crippen molar-refractivity contribution in [2.24, 2.45) is 0 Å². The number of unbranched alkanes of at least 4 members (excludes halogenated alkanes) is 2. The topological polar surface area (TPSA) is 79.2 Å². The molecular weight excluding hydrogens is 402 g/mol. The van der Waals surface area contributed by atoms with Gasteiger partial charge in [0, 0.05) is 34.7 Å². The molecule has 0 saturated heterocycles. The van der Waals surface area contributed by atoms with Gasteiger partial charge in [-0.05, 0) is 49.1 Å². The number of anilines is 1. The molecule has 1 atom stereocenters. The Morgan fingerprint density at radius 2 is 1.93 bits per heavy atom. The summed E-state index contributed by atoms with van der Waals surface area (Å²) in [6.45, 7) is 7.36. The maximum atomic E-state index is 10.8. The number of allylic oxidation sites excluding steroid dienone is 1. The van der Waals surface area contributed by atoms with Crippen molar-refractivity contribution in [1.82, 2.24) is 0 Å². The van der Waals surface area contributed by atoms with Gasteiger partial charge in [0.15, 0.2) is 0 Å². The fourth-order valence-corrected chi connectivity index (χ4v) is 4.45. The lowest BCUT2D eigenvalue weighted by Crippen LogP contribution is -2.27. The highest BCUT2D eigenvalue weighted by Crippen LogP contribution is 2.51. The van der Waals surface area contributed by atoms with E-state index in [4.69, 9.17) is 10.4 Å². The zero-order valence-electron chi connectivity index (χ0n) is 17.0. The number of aliphatic carboxylic acids is 1. The van der Waals surface area contributed by atoms with Crippen molar-refractivity contribution in [2.45, 2.75) is 55.9 Å². The van der Waals surface area contributed by atoms with E-state index in [0.717, 1.165) is 59.7 Å². The van der Waals surface area contributed by atoms with Crippen molar-refractivity contribution >= 4 is 23.7 Å². The highest BCUT2D eigenvalue weighted by Gasteiger charge is 2.42. The zero-order valence-corrected chi connectivity index (χ0v) is 17.9. The van der Waals surface area contributed by atoms with Crippen molar-refractivity contribution < 1.29 is 24.5 Å². The molecule has 0 fully saturated rings. The van der Waals surface area contributed by atoms with E-state index >= 15 is 0 Å². The third kappa shape index (κ3) is 5.05. The summed E-state index contributed by atoms with van der Waals surface area (Å²) < 4.78 is 4.61. The summed E-state index contributed by atoms with van der Waals surface area (Å²) in [5, 5.41) is 21.1. The molecule has 3 rings (SSSR count). The Bertz CT molecular complexity index is 888. The number of benzene rings is 2. The lowest BCUT2D eigenvalue weighted by molar-refractivity contribution is -0.432. The van der Waals surface area contributed by atoms with E-state index in [2.05, 4.69) is 39.9 Å². The number of hydrogen-bond acceptors (Lipinski definition) is 6. The van der Waals surface area contributed by atoms with E-state index in [0.29, 0.717) is 6.42 Å². The normalized spacial score (nSPS) is 17.9. The van der Waals surface area contributed by atoms with Gasteiger partial charge in [-0.3, -0.25) is 4.79 Å². The Hall–Kier alpha value is -2.32. The van der Waals surface area contributed by atoms with Gasteiger partial charge in [0.25, 0.3) is 0 Å². The van der Waals surface area contributed by atoms with Crippen LogP contribution in [0.3, 0.4) is 0 Å². The first-order valence-electron chi connectivity index (χ1n) is 9.97. The first-order chi connectivity index (χ1) is 14.5. The summed E-state index contributed by atoms with van der Waals surface area (Å²) in [5.41, 5.74) is 4.20. The molecule has 2 N–H and O–H groups in total. The Labute approximate surface area is 181 Å². The molecular formula is C23H27NO5S. The fraction of sp³-hybridized carbons (Fsp3) is 0.348. The quantitative estimate of drug-likeness (QED) is 0.198. The van der Waals surface area contributed by atoms with Crippen molar-refractivity contribution in [1.29, 1.82) is 0 Å². The summed E-state index contributed by atoms with van der Waals surface area (Å²) in [6, 6.07) is 16.3. The zero-order chi connectivity index (χ0) is 21.6. The lowest BCUT2D eigenvalue weighted by Gasteiger charge is -2.29. The van der Waals surface area contributed by atoms with Crippen LogP contribution in [0, 0.1) is 0 Å². The number of fused-ring (bicyclic) bond motifs is 1. The predicted molar refractivity (Wildman–Crippen MR) is 117 cm³/mol. The van der Waals surface area contributed by atoms with Crippen LogP contribution in [-0.4, -0.2) is 16.3 Å². The fourth-order valence-electron chi connectivity index (χ4n) is 4.05. The van der Waals surface area contributed by atoms with Crippen LogP contribution in [0.2, 0.25) is 0 Å². The second kappa shape index (κ2) is 10.1. The molecule has 30 heavy (non-hydrogen) atoms. The van der Waals surface area contributed by atoms with Crippen LogP contribution < -0.4 is 4.90 Å². The molecule has 0 radical (unpaired) electrons. The van der Waals surface area contributed by atoms with Crippen LogP contribution in [0.25, 0.3) is 0 Å². The number of carboxylic acid groups (broad SMARTS) is 1. The summed E-state index contributed by atoms with van der Waals surface area (Å²) in [5.74, 6) is -0.751. The van der Waals surface area contributed by atoms with Gasteiger partial charge in [-0.1, -0.05) is 54.8 Å². The lowest BCUT2D eigenvalue weighted by atomic mass is 9.77. The maximum absolute atomic E-state index is 10.8. The standard InChI is InChI=1S/C23H27NO5S/c1-17-23(2,14-8-4-7-11-22(25)26)20-15-19(30-29-28-27)12-13-21(20)24(17)16-18-9-5-3-6-10-18/h3,5-6,9-10,12-13,15,27H,1,4,7-8,11,14,16H2,2H3,(H,25,26). The highest BCUT2D eigenvalue weighted by molar-refractivity contribution is 7.94. The van der Waals surface area contributed by atoms with Gasteiger partial charge in [0.05, 0.1) is 12.0 Å². The van der Waals surface area contributed by atoms with E-state index in [1.54, 1.807) is 0 Å². The largest absolute Gasteiger partial charge is 0.481 e. The third-order valence-electron chi connectivity index (χ3n) is 5.73. The van der Waals surface area contributed by atoms with Gasteiger partial charge in [-0.2, -0.15) is 0 Å². The van der Waals surface area contributed by atoms with Crippen LogP contribution in [-0.2, 0) is 26.1 Å². The molecule has 1 aliphatic rings. The average molecular weight is 430 g/mol. The number of carboxylic acids is 1. The Balaban J connectivity index is 1.84. The molecule has 0 aliphatic carbocycles. The molecule has 0 bridgehead atoms. The van der Waals surface area contributed by atoms with Gasteiger partial charge in [0.1, 0.15) is 0 Å². The van der Waals surface area contributed by atoms with Gasteiger partial charge in [0.2, 0.25) is 0 Å². The number of carbonyl (C=O) groups is 1. The van der Waals surface area contributed by atoms with Crippen LogP contribution in [0.4, 0.5) is 5.69 Å². The maximum Gasteiger partial charge on any atom is 0.303 e. The second-order valence-corrected chi connectivity index (χ2v) is 8.48. The highest BCUT2D eigenvalue weighted by atomic mass is 32.2. The number of nitrogens with zero attached hydrogens (tertiary/aromatic N) is 1. The van der Waals surface area contributed by atoms with Gasteiger partial charge in [-0.15, -0.1) is 4.33 Å². The van der Waals surface area contributed by atoms with Crippen LogP contribution in [0.1, 0.15) is 50.2 Å². The van der Waals surface area contributed by atoms with Crippen molar-refractivity contribution in [3.8, 4) is 0 Å². The molecule has 2 aromatic rings. The molecule has 2 aromatic carbocycles. The van der Waals surface area contributed by atoms with Crippen LogP contribution >= 0.6 is 12.0 Å². The molecule has 160 valence electrons. The van der Waals surface area contributed by atoms with Crippen LogP contribution in [0.5, 0.6) is 0 Å². The van der Waals surface area contributed by atoms with Gasteiger partial charge in [-0.25, -0.2) is 5.26 Å². The minimum Gasteiger partial charge on any atom is -0.481 e. The van der Waals surface area contributed by atoms with Crippen molar-refractivity contribution in [3.05, 3.63) is 71.9 Å². The van der Waals surface area contributed by atoms with E-state index in [1.807, 2.05) is 36.4 Å². The Morgan fingerprint density at radius 1 is 1.17 bits per heavy atom. The van der Waals surface area contributed by atoms with Crippen molar-refractivity contribution in [3.63, 3.8) is 0 Å². The smallest absolute Gasteiger partial charge is 0.303 e. The molecule has 1 aliphatic heterocycles. The molecule has 0 saturated carbocycles. The van der Waals surface area contributed by atoms with E-state index in [-0.39, 0.29) is 11.8 Å². The SMILES string of the molecule is C=C1N(Cc2ccccc2)c2ccc(SOOO)cc2C1(C)CCCCCC(=O)O. The van der Waals surface area contributed by atoms with E-state index in [9.17, 15) is 4.79 Å². The first kappa shape index (κ1) is 22.4. The van der Waals surface area contributed by atoms with E-state index < -0.39 is 5.97 Å². The Kier molecular flexibility index (Phi) is 7.55. The number of rotatable bonds is 11.